The number of likely N-dealkylation sites (tertiary alicyclic amines) is 1. The first-order valence-electron chi connectivity index (χ1n) is 9.78. The highest BCUT2D eigenvalue weighted by Crippen LogP contribution is 2.25. The number of nitriles is 1. The summed E-state index contributed by atoms with van der Waals surface area (Å²) >= 11 is 1.53. The number of hydrogen-bond acceptors (Lipinski definition) is 7. The third kappa shape index (κ3) is 5.65. The molecule has 29 heavy (non-hydrogen) atoms. The van der Waals surface area contributed by atoms with Crippen LogP contribution in [0.25, 0.3) is 10.6 Å². The van der Waals surface area contributed by atoms with Crippen molar-refractivity contribution in [3.63, 3.8) is 0 Å². The van der Waals surface area contributed by atoms with Crippen LogP contribution in [0.3, 0.4) is 0 Å². The molecule has 0 saturated carbocycles. The Morgan fingerprint density at radius 1 is 1.41 bits per heavy atom. The summed E-state index contributed by atoms with van der Waals surface area (Å²) in [6.45, 7) is 2.81. The van der Waals surface area contributed by atoms with E-state index in [1.54, 1.807) is 6.07 Å². The number of rotatable bonds is 9. The van der Waals surface area contributed by atoms with Gasteiger partial charge in [-0.25, -0.2) is 0 Å². The van der Waals surface area contributed by atoms with Gasteiger partial charge in [0.15, 0.2) is 11.5 Å². The van der Waals surface area contributed by atoms with Gasteiger partial charge in [0.25, 0.3) is 5.91 Å². The number of nitrogens with zero attached hydrogens (tertiary/aromatic N) is 3. The van der Waals surface area contributed by atoms with Crippen molar-refractivity contribution in [2.24, 2.45) is 17.6 Å². The summed E-state index contributed by atoms with van der Waals surface area (Å²) in [7, 11) is 0. The van der Waals surface area contributed by atoms with E-state index in [9.17, 15) is 9.59 Å². The van der Waals surface area contributed by atoms with Gasteiger partial charge in [0.2, 0.25) is 5.91 Å². The lowest BCUT2D eigenvalue weighted by molar-refractivity contribution is -0.124. The van der Waals surface area contributed by atoms with E-state index in [4.69, 9.17) is 15.5 Å². The zero-order valence-corrected chi connectivity index (χ0v) is 17.0. The number of hydrogen-bond donors (Lipinski definition) is 2. The maximum Gasteiger partial charge on any atom is 0.273 e. The fourth-order valence-electron chi connectivity index (χ4n) is 3.51. The molecule has 3 rings (SSSR count). The van der Waals surface area contributed by atoms with Crippen molar-refractivity contribution in [2.75, 3.05) is 26.2 Å². The lowest BCUT2D eigenvalue weighted by atomic mass is 9.86. The molecule has 1 saturated heterocycles. The molecule has 0 unspecified atom stereocenters. The molecule has 8 nitrogen and oxygen atoms in total. The van der Waals surface area contributed by atoms with Crippen molar-refractivity contribution in [1.29, 1.82) is 5.26 Å². The third-order valence-electron chi connectivity index (χ3n) is 5.17. The Morgan fingerprint density at radius 2 is 2.28 bits per heavy atom. The van der Waals surface area contributed by atoms with Crippen LogP contribution in [-0.4, -0.2) is 48.0 Å². The standard InChI is InChI=1S/C20H25N5O3S/c21-12-14-6-9-25(13-15(14)19(22)26)8-3-1-2-7-23-20(27)16-11-17(28-24-16)18-5-4-10-29-18/h4-5,10-11,14-15H,1-3,6-9,13H2,(H2,22,26)(H,23,27)/t14-,15+/m1/s1. The molecule has 0 bridgehead atoms. The van der Waals surface area contributed by atoms with E-state index >= 15 is 0 Å². The van der Waals surface area contributed by atoms with Crippen molar-refractivity contribution in [2.45, 2.75) is 25.7 Å². The van der Waals surface area contributed by atoms with Gasteiger partial charge in [-0.15, -0.1) is 11.3 Å². The Hall–Kier alpha value is -2.70. The van der Waals surface area contributed by atoms with Gasteiger partial charge >= 0.3 is 0 Å². The summed E-state index contributed by atoms with van der Waals surface area (Å²) in [4.78, 5) is 26.8. The minimum absolute atomic E-state index is 0.237. The quantitative estimate of drug-likeness (QED) is 0.605. The number of amides is 2. The van der Waals surface area contributed by atoms with Crippen LogP contribution in [0.5, 0.6) is 0 Å². The maximum absolute atomic E-state index is 12.2. The van der Waals surface area contributed by atoms with E-state index in [1.807, 2.05) is 17.5 Å². The first-order valence-corrected chi connectivity index (χ1v) is 10.7. The minimum atomic E-state index is -0.390. The highest BCUT2D eigenvalue weighted by molar-refractivity contribution is 7.13. The van der Waals surface area contributed by atoms with Crippen LogP contribution in [0.15, 0.2) is 28.1 Å². The molecule has 9 heteroatoms. The van der Waals surface area contributed by atoms with Crippen LogP contribution in [0.4, 0.5) is 0 Å². The topological polar surface area (TPSA) is 125 Å². The predicted octanol–water partition coefficient (Wildman–Crippen LogP) is 2.25. The summed E-state index contributed by atoms with van der Waals surface area (Å²) < 4.78 is 5.22. The lowest BCUT2D eigenvalue weighted by Crippen LogP contribution is -2.46. The monoisotopic (exact) mass is 415 g/mol. The molecule has 2 atom stereocenters. The SMILES string of the molecule is N#C[C@H]1CCN(CCCCCNC(=O)c2cc(-c3cccs3)on2)C[C@@H]1C(N)=O. The number of primary amides is 1. The number of piperidine rings is 1. The summed E-state index contributed by atoms with van der Waals surface area (Å²) in [6.07, 6.45) is 3.46. The van der Waals surface area contributed by atoms with Gasteiger partial charge in [-0.05, 0) is 43.8 Å². The second-order valence-corrected chi connectivity index (χ2v) is 8.15. The number of unbranched alkanes of at least 4 members (excludes halogenated alkanes) is 2. The molecular formula is C20H25N5O3S. The minimum Gasteiger partial charge on any atom is -0.369 e. The summed E-state index contributed by atoms with van der Waals surface area (Å²) in [5.41, 5.74) is 5.71. The van der Waals surface area contributed by atoms with Crippen molar-refractivity contribution < 1.29 is 14.1 Å². The molecule has 0 spiro atoms. The molecule has 3 heterocycles. The average molecular weight is 416 g/mol. The molecular weight excluding hydrogens is 390 g/mol. The van der Waals surface area contributed by atoms with Gasteiger partial charge in [0.05, 0.1) is 22.8 Å². The predicted molar refractivity (Wildman–Crippen MR) is 109 cm³/mol. The molecule has 2 aromatic heterocycles. The highest BCUT2D eigenvalue weighted by Gasteiger charge is 2.32. The van der Waals surface area contributed by atoms with Crippen LogP contribution in [0, 0.1) is 23.2 Å². The van der Waals surface area contributed by atoms with Crippen LogP contribution in [0.2, 0.25) is 0 Å². The fraction of sp³-hybridized carbons (Fsp3) is 0.500. The molecule has 0 aliphatic carbocycles. The molecule has 0 radical (unpaired) electrons. The Kier molecular flexibility index (Phi) is 7.38. The molecule has 1 aliphatic heterocycles. The normalized spacial score (nSPS) is 19.6. The Labute approximate surface area is 173 Å². The van der Waals surface area contributed by atoms with E-state index in [2.05, 4.69) is 21.4 Å². The summed E-state index contributed by atoms with van der Waals surface area (Å²) in [5.74, 6) is -0.677. The van der Waals surface area contributed by atoms with E-state index in [0.717, 1.165) is 37.2 Å². The molecule has 0 aromatic carbocycles. The third-order valence-corrected chi connectivity index (χ3v) is 6.06. The van der Waals surface area contributed by atoms with Crippen molar-refractivity contribution in [3.8, 4) is 16.7 Å². The van der Waals surface area contributed by atoms with Crippen LogP contribution in [-0.2, 0) is 4.79 Å². The summed E-state index contributed by atoms with van der Waals surface area (Å²) in [5, 5.41) is 17.8. The number of nitrogens with one attached hydrogen (secondary N) is 1. The van der Waals surface area contributed by atoms with Gasteiger partial charge < -0.3 is 20.5 Å². The number of carbonyl (C=O) groups is 2. The Balaban J connectivity index is 1.32. The Bertz CT molecular complexity index is 858. The van der Waals surface area contributed by atoms with Gasteiger partial charge in [-0.3, -0.25) is 9.59 Å². The van der Waals surface area contributed by atoms with Crippen LogP contribution >= 0.6 is 11.3 Å². The molecule has 3 N–H and O–H groups in total. The van der Waals surface area contributed by atoms with Gasteiger partial charge in [0, 0.05) is 19.2 Å². The number of aromatic nitrogens is 1. The zero-order chi connectivity index (χ0) is 20.6. The number of carbonyl (C=O) groups excluding carboxylic acids is 2. The van der Waals surface area contributed by atoms with Gasteiger partial charge in [0.1, 0.15) is 0 Å². The first kappa shape index (κ1) is 21.0. The van der Waals surface area contributed by atoms with E-state index in [0.29, 0.717) is 25.3 Å². The van der Waals surface area contributed by atoms with Crippen molar-refractivity contribution in [1.82, 2.24) is 15.4 Å². The smallest absolute Gasteiger partial charge is 0.273 e. The summed E-state index contributed by atoms with van der Waals surface area (Å²) in [6, 6.07) is 7.69. The molecule has 1 aliphatic rings. The molecule has 2 amide bonds. The van der Waals surface area contributed by atoms with Crippen molar-refractivity contribution in [3.05, 3.63) is 29.3 Å². The highest BCUT2D eigenvalue weighted by atomic mass is 32.1. The lowest BCUT2D eigenvalue weighted by Gasteiger charge is -2.34. The molecule has 1 fully saturated rings. The molecule has 154 valence electrons. The van der Waals surface area contributed by atoms with E-state index in [1.165, 1.54) is 11.3 Å². The number of nitrogens with two attached hydrogens (primary N) is 1. The zero-order valence-electron chi connectivity index (χ0n) is 16.2. The second kappa shape index (κ2) is 10.2. The molecule has 2 aromatic rings. The van der Waals surface area contributed by atoms with E-state index < -0.39 is 0 Å². The van der Waals surface area contributed by atoms with Crippen LogP contribution in [0.1, 0.15) is 36.2 Å². The van der Waals surface area contributed by atoms with Crippen molar-refractivity contribution >= 4 is 23.2 Å². The van der Waals surface area contributed by atoms with E-state index in [-0.39, 0.29) is 29.3 Å². The van der Waals surface area contributed by atoms with Crippen LogP contribution < -0.4 is 11.1 Å². The van der Waals surface area contributed by atoms with Gasteiger partial charge in [-0.1, -0.05) is 17.6 Å². The second-order valence-electron chi connectivity index (χ2n) is 7.20. The average Bonchev–Trinajstić information content (AvgIpc) is 3.42. The van der Waals surface area contributed by atoms with Gasteiger partial charge in [-0.2, -0.15) is 5.26 Å². The fourth-order valence-corrected chi connectivity index (χ4v) is 4.19. The Morgan fingerprint density at radius 3 is 3.00 bits per heavy atom. The number of thiophene rings is 1. The first-order chi connectivity index (χ1) is 14.1. The maximum atomic E-state index is 12.2. The largest absolute Gasteiger partial charge is 0.369 e.